The van der Waals surface area contributed by atoms with Crippen LogP contribution in [0, 0.1) is 0 Å². The molecule has 1 aliphatic heterocycles. The second-order valence-corrected chi connectivity index (χ2v) is 4.43. The largest absolute Gasteiger partial charge is 0.377 e. The first-order valence-electron chi connectivity index (χ1n) is 4.83. The first-order valence-corrected chi connectivity index (χ1v) is 5.99. The van der Waals surface area contributed by atoms with E-state index < -0.39 is 0 Å². The zero-order valence-corrected chi connectivity index (χ0v) is 8.66. The van der Waals surface area contributed by atoms with Crippen molar-refractivity contribution in [3.05, 3.63) is 0 Å². The molecule has 1 N–H and O–H groups in total. The molecule has 1 fully saturated rings. The lowest BCUT2D eigenvalue weighted by atomic mass is 10.2. The Labute approximate surface area is 79.4 Å². The van der Waals surface area contributed by atoms with Crippen molar-refractivity contribution < 1.29 is 4.74 Å². The molecule has 1 aliphatic rings. The van der Waals surface area contributed by atoms with Crippen molar-refractivity contribution in [1.82, 2.24) is 5.32 Å². The summed E-state index contributed by atoms with van der Waals surface area (Å²) < 4.78 is 5.49. The van der Waals surface area contributed by atoms with Crippen LogP contribution >= 0.6 is 11.8 Å². The summed E-state index contributed by atoms with van der Waals surface area (Å²) in [6.45, 7) is 5.34. The van der Waals surface area contributed by atoms with Gasteiger partial charge < -0.3 is 10.1 Å². The first-order chi connectivity index (χ1) is 5.93. The van der Waals surface area contributed by atoms with Gasteiger partial charge in [-0.2, -0.15) is 11.8 Å². The Balaban J connectivity index is 1.81. The zero-order valence-electron chi connectivity index (χ0n) is 7.84. The Morgan fingerprint density at radius 1 is 1.58 bits per heavy atom. The maximum absolute atomic E-state index is 5.49. The van der Waals surface area contributed by atoms with E-state index in [1.807, 2.05) is 11.8 Å². The van der Waals surface area contributed by atoms with Gasteiger partial charge in [-0.25, -0.2) is 0 Å². The molecular formula is C9H19NOS. The van der Waals surface area contributed by atoms with E-state index in [4.69, 9.17) is 4.74 Å². The lowest BCUT2D eigenvalue weighted by Gasteiger charge is -2.09. The van der Waals surface area contributed by atoms with Gasteiger partial charge in [-0.1, -0.05) is 6.92 Å². The van der Waals surface area contributed by atoms with Crippen LogP contribution in [0.15, 0.2) is 0 Å². The summed E-state index contributed by atoms with van der Waals surface area (Å²) in [6, 6.07) is 0. The lowest BCUT2D eigenvalue weighted by Crippen LogP contribution is -2.27. The summed E-state index contributed by atoms with van der Waals surface area (Å²) >= 11 is 1.99. The number of hydrogen-bond donors (Lipinski definition) is 1. The molecule has 12 heavy (non-hydrogen) atoms. The monoisotopic (exact) mass is 189 g/mol. The third-order valence-corrected chi connectivity index (χ3v) is 2.92. The highest BCUT2D eigenvalue weighted by atomic mass is 32.2. The fourth-order valence-corrected chi connectivity index (χ4v) is 1.93. The van der Waals surface area contributed by atoms with Crippen LogP contribution in [0.4, 0.5) is 0 Å². The summed E-state index contributed by atoms with van der Waals surface area (Å²) in [5.41, 5.74) is 0. The number of thioether (sulfide) groups is 1. The standard InChI is InChI=1S/C9H19NOS/c1-2-12-7-5-10-8-9-4-3-6-11-9/h9-10H,2-8H2,1H3. The molecule has 3 heteroatoms. The van der Waals surface area contributed by atoms with Crippen LogP contribution in [0.25, 0.3) is 0 Å². The molecule has 0 aliphatic carbocycles. The second-order valence-electron chi connectivity index (χ2n) is 3.04. The average molecular weight is 189 g/mol. The molecule has 72 valence electrons. The van der Waals surface area contributed by atoms with E-state index in [0.29, 0.717) is 6.10 Å². The first kappa shape index (κ1) is 10.4. The van der Waals surface area contributed by atoms with Gasteiger partial charge in [0.2, 0.25) is 0 Å². The average Bonchev–Trinajstić information content (AvgIpc) is 2.57. The van der Waals surface area contributed by atoms with E-state index in [9.17, 15) is 0 Å². The van der Waals surface area contributed by atoms with Crippen molar-refractivity contribution in [2.45, 2.75) is 25.9 Å². The number of ether oxygens (including phenoxy) is 1. The molecule has 0 radical (unpaired) electrons. The second kappa shape index (κ2) is 6.75. The minimum atomic E-state index is 0.497. The topological polar surface area (TPSA) is 21.3 Å². The van der Waals surface area contributed by atoms with Crippen molar-refractivity contribution in [2.24, 2.45) is 0 Å². The molecular weight excluding hydrogens is 170 g/mol. The highest BCUT2D eigenvalue weighted by molar-refractivity contribution is 7.99. The van der Waals surface area contributed by atoms with Crippen LogP contribution in [0.2, 0.25) is 0 Å². The fraction of sp³-hybridized carbons (Fsp3) is 1.00. The summed E-state index contributed by atoms with van der Waals surface area (Å²) in [5.74, 6) is 2.45. The molecule has 1 unspecified atom stereocenters. The van der Waals surface area contributed by atoms with Crippen molar-refractivity contribution in [1.29, 1.82) is 0 Å². The highest BCUT2D eigenvalue weighted by Crippen LogP contribution is 2.10. The van der Waals surface area contributed by atoms with Crippen LogP contribution in [0.1, 0.15) is 19.8 Å². The van der Waals surface area contributed by atoms with Gasteiger partial charge in [0.1, 0.15) is 0 Å². The van der Waals surface area contributed by atoms with Crippen LogP contribution in [0.5, 0.6) is 0 Å². The molecule has 0 saturated carbocycles. The predicted octanol–water partition coefficient (Wildman–Crippen LogP) is 1.51. The molecule has 0 aromatic heterocycles. The fourth-order valence-electron chi connectivity index (χ4n) is 1.36. The van der Waals surface area contributed by atoms with Gasteiger partial charge in [0.25, 0.3) is 0 Å². The quantitative estimate of drug-likeness (QED) is 0.640. The molecule has 0 spiro atoms. The lowest BCUT2D eigenvalue weighted by molar-refractivity contribution is 0.110. The Morgan fingerprint density at radius 2 is 2.50 bits per heavy atom. The van der Waals surface area contributed by atoms with E-state index in [-0.39, 0.29) is 0 Å². The summed E-state index contributed by atoms with van der Waals surface area (Å²) in [6.07, 6.45) is 2.99. The molecule has 0 amide bonds. The molecule has 0 bridgehead atoms. The number of nitrogens with one attached hydrogen (secondary N) is 1. The molecule has 1 saturated heterocycles. The third-order valence-electron chi connectivity index (χ3n) is 2.02. The summed E-state index contributed by atoms with van der Waals surface area (Å²) in [7, 11) is 0. The van der Waals surface area contributed by atoms with E-state index in [0.717, 1.165) is 19.7 Å². The van der Waals surface area contributed by atoms with Gasteiger partial charge in [0.05, 0.1) is 6.10 Å². The number of rotatable bonds is 6. The van der Waals surface area contributed by atoms with E-state index >= 15 is 0 Å². The van der Waals surface area contributed by atoms with Crippen molar-refractivity contribution >= 4 is 11.8 Å². The highest BCUT2D eigenvalue weighted by Gasteiger charge is 2.13. The van der Waals surface area contributed by atoms with E-state index in [1.54, 1.807) is 0 Å². The summed E-state index contributed by atoms with van der Waals surface area (Å²) in [4.78, 5) is 0. The Kier molecular flexibility index (Phi) is 5.82. The van der Waals surface area contributed by atoms with Crippen molar-refractivity contribution in [3.8, 4) is 0 Å². The minimum Gasteiger partial charge on any atom is -0.377 e. The van der Waals surface area contributed by atoms with Gasteiger partial charge >= 0.3 is 0 Å². The van der Waals surface area contributed by atoms with Crippen molar-refractivity contribution in [3.63, 3.8) is 0 Å². The maximum Gasteiger partial charge on any atom is 0.0700 e. The Hall–Kier alpha value is 0.270. The van der Waals surface area contributed by atoms with E-state index in [2.05, 4.69) is 12.2 Å². The maximum atomic E-state index is 5.49. The molecule has 0 aromatic rings. The third kappa shape index (κ3) is 4.33. The van der Waals surface area contributed by atoms with Gasteiger partial charge in [-0.05, 0) is 18.6 Å². The normalized spacial score (nSPS) is 23.2. The van der Waals surface area contributed by atoms with Crippen LogP contribution < -0.4 is 5.32 Å². The minimum absolute atomic E-state index is 0.497. The van der Waals surface area contributed by atoms with Gasteiger partial charge in [0, 0.05) is 25.4 Å². The molecule has 2 nitrogen and oxygen atoms in total. The predicted molar refractivity (Wildman–Crippen MR) is 54.8 cm³/mol. The van der Waals surface area contributed by atoms with Gasteiger partial charge in [0.15, 0.2) is 0 Å². The molecule has 1 rings (SSSR count). The van der Waals surface area contributed by atoms with Gasteiger partial charge in [-0.3, -0.25) is 0 Å². The van der Waals surface area contributed by atoms with Gasteiger partial charge in [-0.15, -0.1) is 0 Å². The molecule has 0 aromatic carbocycles. The SMILES string of the molecule is CCSCCNCC1CCCO1. The Morgan fingerprint density at radius 3 is 3.17 bits per heavy atom. The zero-order chi connectivity index (χ0) is 8.65. The number of hydrogen-bond acceptors (Lipinski definition) is 3. The summed E-state index contributed by atoms with van der Waals surface area (Å²) in [5, 5.41) is 3.42. The molecule has 1 atom stereocenters. The van der Waals surface area contributed by atoms with Crippen LogP contribution in [-0.2, 0) is 4.74 Å². The van der Waals surface area contributed by atoms with E-state index in [1.165, 1.54) is 24.3 Å². The van der Waals surface area contributed by atoms with Crippen LogP contribution in [-0.4, -0.2) is 37.3 Å². The van der Waals surface area contributed by atoms with Crippen LogP contribution in [0.3, 0.4) is 0 Å². The van der Waals surface area contributed by atoms with Crippen molar-refractivity contribution in [2.75, 3.05) is 31.2 Å². The molecule has 1 heterocycles. The smallest absolute Gasteiger partial charge is 0.0700 e. The Bertz CT molecular complexity index is 105.